The van der Waals surface area contributed by atoms with Crippen molar-refractivity contribution in [2.24, 2.45) is 0 Å². The van der Waals surface area contributed by atoms with Gasteiger partial charge in [-0.25, -0.2) is 0 Å². The Morgan fingerprint density at radius 2 is 1.79 bits per heavy atom. The number of aromatic nitrogens is 2. The number of rotatable bonds is 8. The van der Waals surface area contributed by atoms with Crippen LogP contribution in [0.4, 0.5) is 0 Å². The third kappa shape index (κ3) is 4.07. The Morgan fingerprint density at radius 3 is 2.26 bits per heavy atom. The lowest BCUT2D eigenvalue weighted by atomic mass is 10.1. The molecule has 0 fully saturated rings. The Hall–Kier alpha value is -0.830. The molecule has 0 bridgehead atoms. The summed E-state index contributed by atoms with van der Waals surface area (Å²) in [6, 6.07) is 1.03. The minimum Gasteiger partial charge on any atom is -0.310 e. The van der Waals surface area contributed by atoms with E-state index in [1.165, 1.54) is 29.8 Å². The maximum absolute atomic E-state index is 4.87. The Morgan fingerprint density at radius 1 is 1.11 bits per heavy atom. The highest BCUT2D eigenvalue weighted by atomic mass is 15.3. The van der Waals surface area contributed by atoms with Gasteiger partial charge in [-0.15, -0.1) is 0 Å². The van der Waals surface area contributed by atoms with E-state index >= 15 is 0 Å². The highest BCUT2D eigenvalue weighted by Crippen LogP contribution is 2.22. The molecule has 0 radical (unpaired) electrons. The van der Waals surface area contributed by atoms with Gasteiger partial charge in [0, 0.05) is 29.9 Å². The van der Waals surface area contributed by atoms with Gasteiger partial charge in [-0.05, 0) is 26.2 Å². The third-order valence-electron chi connectivity index (χ3n) is 3.68. The van der Waals surface area contributed by atoms with Gasteiger partial charge in [0.05, 0.1) is 5.69 Å². The second kappa shape index (κ2) is 7.68. The van der Waals surface area contributed by atoms with E-state index in [1.54, 1.807) is 0 Å². The number of hydrogen-bond donors (Lipinski definition) is 1. The van der Waals surface area contributed by atoms with E-state index in [1.807, 2.05) is 0 Å². The summed E-state index contributed by atoms with van der Waals surface area (Å²) < 4.78 is 2.28. The lowest BCUT2D eigenvalue weighted by molar-refractivity contribution is 0.437. The van der Waals surface area contributed by atoms with Crippen molar-refractivity contribution in [1.82, 2.24) is 15.1 Å². The first-order valence-electron chi connectivity index (χ1n) is 7.87. The van der Waals surface area contributed by atoms with Gasteiger partial charge in [-0.2, -0.15) is 5.10 Å². The Kier molecular flexibility index (Phi) is 6.56. The van der Waals surface area contributed by atoms with Crippen LogP contribution in [0, 0.1) is 0 Å². The van der Waals surface area contributed by atoms with Crippen molar-refractivity contribution in [2.75, 3.05) is 0 Å². The fourth-order valence-corrected chi connectivity index (χ4v) is 2.63. The van der Waals surface area contributed by atoms with Crippen molar-refractivity contribution in [1.29, 1.82) is 0 Å². The molecule has 1 rings (SSSR count). The van der Waals surface area contributed by atoms with Crippen molar-refractivity contribution in [3.05, 3.63) is 17.0 Å². The Bertz CT molecular complexity index is 380. The summed E-state index contributed by atoms with van der Waals surface area (Å²) in [6.07, 6.45) is 4.50. The van der Waals surface area contributed by atoms with Gasteiger partial charge < -0.3 is 5.32 Å². The SMILES string of the molecule is CCCC(C)n1nc(CC)c(CNC(C)C)c1CC. The van der Waals surface area contributed by atoms with Crippen molar-refractivity contribution in [3.8, 4) is 0 Å². The molecule has 1 aromatic heterocycles. The predicted octanol–water partition coefficient (Wildman–Crippen LogP) is 3.87. The predicted molar refractivity (Wildman–Crippen MR) is 82.6 cm³/mol. The van der Waals surface area contributed by atoms with Gasteiger partial charge >= 0.3 is 0 Å². The van der Waals surface area contributed by atoms with Crippen molar-refractivity contribution >= 4 is 0 Å². The largest absolute Gasteiger partial charge is 0.310 e. The van der Waals surface area contributed by atoms with E-state index in [0.717, 1.165) is 19.4 Å². The Balaban J connectivity index is 3.05. The molecule has 0 aliphatic carbocycles. The fraction of sp³-hybridized carbons (Fsp3) is 0.812. The van der Waals surface area contributed by atoms with Gasteiger partial charge in [0.1, 0.15) is 0 Å². The quantitative estimate of drug-likeness (QED) is 0.773. The Labute approximate surface area is 118 Å². The summed E-state index contributed by atoms with van der Waals surface area (Å²) in [5.74, 6) is 0. The summed E-state index contributed by atoms with van der Waals surface area (Å²) in [5, 5.41) is 8.41. The van der Waals surface area contributed by atoms with Crippen LogP contribution in [0.3, 0.4) is 0 Å². The molecule has 19 heavy (non-hydrogen) atoms. The van der Waals surface area contributed by atoms with Crippen LogP contribution < -0.4 is 5.32 Å². The van der Waals surface area contributed by atoms with E-state index in [2.05, 4.69) is 51.5 Å². The van der Waals surface area contributed by atoms with E-state index in [-0.39, 0.29) is 0 Å². The summed E-state index contributed by atoms with van der Waals surface area (Å²) in [5.41, 5.74) is 4.13. The minimum atomic E-state index is 0.512. The van der Waals surface area contributed by atoms with Gasteiger partial charge in [0.15, 0.2) is 0 Å². The molecular weight excluding hydrogens is 234 g/mol. The zero-order chi connectivity index (χ0) is 14.4. The second-order valence-corrected chi connectivity index (χ2v) is 5.70. The lowest BCUT2D eigenvalue weighted by Crippen LogP contribution is -2.23. The van der Waals surface area contributed by atoms with Gasteiger partial charge in [-0.1, -0.05) is 41.0 Å². The third-order valence-corrected chi connectivity index (χ3v) is 3.68. The molecule has 1 atom stereocenters. The van der Waals surface area contributed by atoms with Crippen LogP contribution in [0.1, 0.15) is 77.4 Å². The molecule has 0 amide bonds. The zero-order valence-electron chi connectivity index (χ0n) is 13.6. The maximum Gasteiger partial charge on any atom is 0.0669 e. The zero-order valence-corrected chi connectivity index (χ0v) is 13.6. The van der Waals surface area contributed by atoms with Gasteiger partial charge in [0.25, 0.3) is 0 Å². The van der Waals surface area contributed by atoms with Crippen molar-refractivity contribution in [2.45, 2.75) is 85.9 Å². The molecule has 110 valence electrons. The van der Waals surface area contributed by atoms with Crippen molar-refractivity contribution in [3.63, 3.8) is 0 Å². The topological polar surface area (TPSA) is 29.9 Å². The summed E-state index contributed by atoms with van der Waals surface area (Å²) >= 11 is 0. The molecule has 0 aliphatic rings. The van der Waals surface area contributed by atoms with Crippen LogP contribution in [-0.4, -0.2) is 15.8 Å². The summed E-state index contributed by atoms with van der Waals surface area (Å²) in [6.45, 7) is 14.3. The molecule has 3 nitrogen and oxygen atoms in total. The average Bonchev–Trinajstić information content (AvgIpc) is 2.74. The summed E-state index contributed by atoms with van der Waals surface area (Å²) in [7, 11) is 0. The first-order chi connectivity index (χ1) is 9.04. The first-order valence-corrected chi connectivity index (χ1v) is 7.87. The number of nitrogens with zero attached hydrogens (tertiary/aromatic N) is 2. The van der Waals surface area contributed by atoms with Crippen LogP contribution in [0.2, 0.25) is 0 Å². The number of aryl methyl sites for hydroxylation is 1. The van der Waals surface area contributed by atoms with Gasteiger partial charge in [-0.3, -0.25) is 4.68 Å². The number of hydrogen-bond acceptors (Lipinski definition) is 2. The summed E-state index contributed by atoms with van der Waals surface area (Å²) in [4.78, 5) is 0. The molecule has 1 N–H and O–H groups in total. The normalized spacial score (nSPS) is 13.2. The molecular formula is C16H31N3. The number of nitrogens with one attached hydrogen (secondary N) is 1. The standard InChI is InChI=1S/C16H31N3/c1-7-10-13(6)19-16(9-3)14(11-17-12(4)5)15(8-2)18-19/h12-13,17H,7-11H2,1-6H3. The average molecular weight is 265 g/mol. The molecule has 1 aromatic rings. The molecule has 0 aromatic carbocycles. The molecule has 1 heterocycles. The molecule has 0 saturated carbocycles. The van der Waals surface area contributed by atoms with Crippen LogP contribution in [0.5, 0.6) is 0 Å². The first kappa shape index (κ1) is 16.2. The highest BCUT2D eigenvalue weighted by molar-refractivity contribution is 5.27. The molecule has 3 heteroatoms. The van der Waals surface area contributed by atoms with E-state index in [9.17, 15) is 0 Å². The molecule has 0 aliphatic heterocycles. The van der Waals surface area contributed by atoms with Gasteiger partial charge in [0.2, 0.25) is 0 Å². The van der Waals surface area contributed by atoms with Crippen LogP contribution in [0.25, 0.3) is 0 Å². The highest BCUT2D eigenvalue weighted by Gasteiger charge is 2.18. The van der Waals surface area contributed by atoms with Crippen LogP contribution in [0.15, 0.2) is 0 Å². The van der Waals surface area contributed by atoms with Crippen LogP contribution in [-0.2, 0) is 19.4 Å². The van der Waals surface area contributed by atoms with Crippen molar-refractivity contribution < 1.29 is 0 Å². The second-order valence-electron chi connectivity index (χ2n) is 5.70. The monoisotopic (exact) mass is 265 g/mol. The lowest BCUT2D eigenvalue weighted by Gasteiger charge is -2.15. The molecule has 0 spiro atoms. The van der Waals surface area contributed by atoms with E-state index < -0.39 is 0 Å². The molecule has 1 unspecified atom stereocenters. The minimum absolute atomic E-state index is 0.512. The van der Waals surface area contributed by atoms with E-state index in [4.69, 9.17) is 5.10 Å². The fourth-order valence-electron chi connectivity index (χ4n) is 2.63. The van der Waals surface area contributed by atoms with Crippen LogP contribution >= 0.6 is 0 Å². The van der Waals surface area contributed by atoms with E-state index in [0.29, 0.717) is 12.1 Å². The smallest absolute Gasteiger partial charge is 0.0669 e. The maximum atomic E-state index is 4.87. The molecule has 0 saturated heterocycles.